The molecule has 1 aromatic rings. The number of anilines is 1. The summed E-state index contributed by atoms with van der Waals surface area (Å²) in [6.07, 6.45) is 0. The Kier molecular flexibility index (Phi) is 7.18. The number of likely N-dealkylation sites (N-methyl/N-ethyl adjacent to an activating group) is 1. The first-order chi connectivity index (χ1) is 9.79. The number of carbonyl (C=O) groups is 1. The van der Waals surface area contributed by atoms with Crippen LogP contribution in [0.4, 0.5) is 5.69 Å². The molecule has 4 nitrogen and oxygen atoms in total. The van der Waals surface area contributed by atoms with Crippen LogP contribution >= 0.6 is 15.9 Å². The lowest BCUT2D eigenvalue weighted by molar-refractivity contribution is -0.120. The van der Waals surface area contributed by atoms with Crippen molar-refractivity contribution in [1.29, 1.82) is 0 Å². The minimum Gasteiger partial charge on any atom is -0.365 e. The fourth-order valence-corrected chi connectivity index (χ4v) is 2.46. The van der Waals surface area contributed by atoms with Crippen LogP contribution in [-0.2, 0) is 11.3 Å². The fraction of sp³-hybridized carbons (Fsp3) is 0.562. The number of nitrogens with zero attached hydrogens (tertiary/aromatic N) is 1. The molecule has 0 saturated heterocycles. The van der Waals surface area contributed by atoms with Crippen LogP contribution in [0, 0.1) is 0 Å². The van der Waals surface area contributed by atoms with Gasteiger partial charge in [0.25, 0.3) is 0 Å². The molecule has 0 aliphatic heterocycles. The van der Waals surface area contributed by atoms with E-state index < -0.39 is 0 Å². The molecular weight excluding hydrogens is 330 g/mol. The summed E-state index contributed by atoms with van der Waals surface area (Å²) in [6, 6.07) is 6.74. The van der Waals surface area contributed by atoms with E-state index in [9.17, 15) is 4.79 Å². The molecule has 0 atom stereocenters. The predicted octanol–water partition coefficient (Wildman–Crippen LogP) is 2.91. The molecule has 2 N–H and O–H groups in total. The van der Waals surface area contributed by atoms with E-state index in [0.717, 1.165) is 16.7 Å². The second-order valence-corrected chi connectivity index (χ2v) is 6.80. The van der Waals surface area contributed by atoms with Gasteiger partial charge in [-0.05, 0) is 37.6 Å². The highest BCUT2D eigenvalue weighted by Crippen LogP contribution is 2.24. The van der Waals surface area contributed by atoms with Crippen molar-refractivity contribution in [2.45, 2.75) is 46.3 Å². The van der Waals surface area contributed by atoms with Gasteiger partial charge in [0.15, 0.2) is 0 Å². The molecule has 0 heterocycles. The highest BCUT2D eigenvalue weighted by atomic mass is 79.9. The monoisotopic (exact) mass is 355 g/mol. The highest BCUT2D eigenvalue weighted by Gasteiger charge is 2.12. The number of amides is 1. The Hall–Kier alpha value is -1.07. The van der Waals surface area contributed by atoms with Crippen molar-refractivity contribution in [3.05, 3.63) is 28.2 Å². The molecule has 5 heteroatoms. The van der Waals surface area contributed by atoms with Crippen LogP contribution in [0.3, 0.4) is 0 Å². The number of hydrogen-bond donors (Lipinski definition) is 2. The van der Waals surface area contributed by atoms with Crippen molar-refractivity contribution >= 4 is 27.5 Å². The SMILES string of the molecule is CC(C)NCc1cc(Br)ccc1N(C)CC(=O)NC(C)C. The van der Waals surface area contributed by atoms with Crippen molar-refractivity contribution < 1.29 is 4.79 Å². The minimum atomic E-state index is 0.0400. The molecule has 0 unspecified atom stereocenters. The van der Waals surface area contributed by atoms with Gasteiger partial charge in [0, 0.05) is 35.8 Å². The first-order valence-corrected chi connectivity index (χ1v) is 8.11. The summed E-state index contributed by atoms with van der Waals surface area (Å²) in [6.45, 7) is 9.32. The number of carbonyl (C=O) groups excluding carboxylic acids is 1. The van der Waals surface area contributed by atoms with Crippen LogP contribution in [0.2, 0.25) is 0 Å². The van der Waals surface area contributed by atoms with Crippen molar-refractivity contribution in [2.75, 3.05) is 18.5 Å². The Bertz CT molecular complexity index is 475. The van der Waals surface area contributed by atoms with Crippen molar-refractivity contribution in [3.8, 4) is 0 Å². The molecule has 0 spiro atoms. The Morgan fingerprint density at radius 2 is 1.90 bits per heavy atom. The molecular formula is C16H26BrN3O. The third-order valence-corrected chi connectivity index (χ3v) is 3.48. The first kappa shape index (κ1) is 18.0. The molecule has 0 radical (unpaired) electrons. The van der Waals surface area contributed by atoms with E-state index in [4.69, 9.17) is 0 Å². The van der Waals surface area contributed by atoms with Crippen LogP contribution in [0.15, 0.2) is 22.7 Å². The summed E-state index contributed by atoms with van der Waals surface area (Å²) < 4.78 is 1.05. The third kappa shape index (κ3) is 6.48. The smallest absolute Gasteiger partial charge is 0.239 e. The van der Waals surface area contributed by atoms with Crippen LogP contribution < -0.4 is 15.5 Å². The zero-order valence-electron chi connectivity index (χ0n) is 13.5. The average molecular weight is 356 g/mol. The molecule has 0 saturated carbocycles. The fourth-order valence-electron chi connectivity index (χ4n) is 2.05. The van der Waals surface area contributed by atoms with Crippen molar-refractivity contribution in [1.82, 2.24) is 10.6 Å². The van der Waals surface area contributed by atoms with E-state index in [1.807, 2.05) is 37.9 Å². The van der Waals surface area contributed by atoms with Gasteiger partial charge in [-0.25, -0.2) is 0 Å². The van der Waals surface area contributed by atoms with E-state index in [1.54, 1.807) is 0 Å². The number of halogens is 1. The van der Waals surface area contributed by atoms with Gasteiger partial charge in [0.05, 0.1) is 6.54 Å². The summed E-state index contributed by atoms with van der Waals surface area (Å²) in [5, 5.41) is 6.34. The van der Waals surface area contributed by atoms with Gasteiger partial charge in [-0.15, -0.1) is 0 Å². The van der Waals surface area contributed by atoms with Crippen LogP contribution in [0.25, 0.3) is 0 Å². The molecule has 0 fully saturated rings. The second kappa shape index (κ2) is 8.39. The van der Waals surface area contributed by atoms with Gasteiger partial charge >= 0.3 is 0 Å². The van der Waals surface area contributed by atoms with Gasteiger partial charge in [-0.3, -0.25) is 4.79 Å². The zero-order valence-corrected chi connectivity index (χ0v) is 15.1. The first-order valence-electron chi connectivity index (χ1n) is 7.32. The van der Waals surface area contributed by atoms with Crippen LogP contribution in [-0.4, -0.2) is 31.6 Å². The quantitative estimate of drug-likeness (QED) is 0.790. The van der Waals surface area contributed by atoms with Gasteiger partial charge in [-0.2, -0.15) is 0 Å². The van der Waals surface area contributed by atoms with Crippen LogP contribution in [0.5, 0.6) is 0 Å². The lowest BCUT2D eigenvalue weighted by Gasteiger charge is -2.23. The van der Waals surface area contributed by atoms with Crippen molar-refractivity contribution in [2.24, 2.45) is 0 Å². The average Bonchev–Trinajstić information content (AvgIpc) is 2.34. The van der Waals surface area contributed by atoms with E-state index in [2.05, 4.69) is 46.5 Å². The highest BCUT2D eigenvalue weighted by molar-refractivity contribution is 9.10. The molecule has 1 aromatic carbocycles. The number of rotatable bonds is 7. The number of benzene rings is 1. The molecule has 21 heavy (non-hydrogen) atoms. The van der Waals surface area contributed by atoms with E-state index in [0.29, 0.717) is 12.6 Å². The normalized spacial score (nSPS) is 11.0. The van der Waals surface area contributed by atoms with Crippen LogP contribution in [0.1, 0.15) is 33.3 Å². The van der Waals surface area contributed by atoms with Gasteiger partial charge in [0.1, 0.15) is 0 Å². The second-order valence-electron chi connectivity index (χ2n) is 5.89. The lowest BCUT2D eigenvalue weighted by Crippen LogP contribution is -2.39. The van der Waals surface area contributed by atoms with E-state index in [-0.39, 0.29) is 11.9 Å². The Morgan fingerprint density at radius 3 is 2.48 bits per heavy atom. The summed E-state index contributed by atoms with van der Waals surface area (Å²) in [4.78, 5) is 13.9. The van der Waals surface area contributed by atoms with E-state index >= 15 is 0 Å². The standard InChI is InChI=1S/C16H26BrN3O/c1-11(2)18-9-13-8-14(17)6-7-15(13)20(5)10-16(21)19-12(3)4/h6-8,11-12,18H,9-10H2,1-5H3,(H,19,21). The zero-order chi connectivity index (χ0) is 16.0. The molecule has 0 aromatic heterocycles. The summed E-state index contributed by atoms with van der Waals surface area (Å²) >= 11 is 3.51. The molecule has 1 amide bonds. The summed E-state index contributed by atoms with van der Waals surface area (Å²) in [5.41, 5.74) is 2.25. The Balaban J connectivity index is 2.82. The lowest BCUT2D eigenvalue weighted by atomic mass is 10.1. The maximum absolute atomic E-state index is 11.9. The summed E-state index contributed by atoms with van der Waals surface area (Å²) in [7, 11) is 1.95. The topological polar surface area (TPSA) is 44.4 Å². The maximum atomic E-state index is 11.9. The molecule has 1 rings (SSSR count). The summed E-state index contributed by atoms with van der Waals surface area (Å²) in [5.74, 6) is 0.0400. The minimum absolute atomic E-state index is 0.0400. The number of nitrogens with one attached hydrogen (secondary N) is 2. The molecule has 0 aliphatic rings. The number of hydrogen-bond acceptors (Lipinski definition) is 3. The maximum Gasteiger partial charge on any atom is 0.239 e. The molecule has 0 bridgehead atoms. The van der Waals surface area contributed by atoms with Gasteiger partial charge in [0.2, 0.25) is 5.91 Å². The Labute approximate surface area is 136 Å². The molecule has 0 aliphatic carbocycles. The predicted molar refractivity (Wildman–Crippen MR) is 92.7 cm³/mol. The van der Waals surface area contributed by atoms with Crippen molar-refractivity contribution in [3.63, 3.8) is 0 Å². The third-order valence-electron chi connectivity index (χ3n) is 2.98. The van der Waals surface area contributed by atoms with Gasteiger partial charge < -0.3 is 15.5 Å². The largest absolute Gasteiger partial charge is 0.365 e. The van der Waals surface area contributed by atoms with Gasteiger partial charge in [-0.1, -0.05) is 29.8 Å². The molecule has 118 valence electrons. The Morgan fingerprint density at radius 1 is 1.24 bits per heavy atom. The van der Waals surface area contributed by atoms with E-state index in [1.165, 1.54) is 5.56 Å².